The molecule has 2 aromatic carbocycles. The molecule has 2 heteroatoms. The minimum absolute atomic E-state index is 0.158. The highest BCUT2D eigenvalue weighted by atomic mass is 31.1. The van der Waals surface area contributed by atoms with Crippen molar-refractivity contribution in [2.24, 2.45) is 0 Å². The summed E-state index contributed by atoms with van der Waals surface area (Å²) >= 11 is 0. The van der Waals surface area contributed by atoms with Gasteiger partial charge in [0.05, 0.1) is 0 Å². The molecular weight excluding hydrogens is 287 g/mol. The van der Waals surface area contributed by atoms with E-state index >= 15 is 0 Å². The minimum atomic E-state index is -0.158. The largest absolute Gasteiger partial charge is 0.488 e. The molecule has 4 rings (SSSR count). The first-order chi connectivity index (χ1) is 10.8. The van der Waals surface area contributed by atoms with Crippen LogP contribution < -0.4 is 10.0 Å². The van der Waals surface area contributed by atoms with E-state index in [1.165, 1.54) is 48.8 Å². The molecule has 0 radical (unpaired) electrons. The number of ether oxygens (including phenoxy) is 1. The number of fused-ring (bicyclic) bond motifs is 1. The van der Waals surface area contributed by atoms with Gasteiger partial charge >= 0.3 is 0 Å². The zero-order valence-corrected chi connectivity index (χ0v) is 14.1. The van der Waals surface area contributed by atoms with Crippen molar-refractivity contribution in [2.75, 3.05) is 6.35 Å². The minimum Gasteiger partial charge on any atom is -0.488 e. The van der Waals surface area contributed by atoms with Gasteiger partial charge in [-0.3, -0.25) is 0 Å². The molecule has 2 aliphatic rings. The predicted molar refractivity (Wildman–Crippen MR) is 95.5 cm³/mol. The summed E-state index contributed by atoms with van der Waals surface area (Å²) in [5, 5.41) is 1.54. The van der Waals surface area contributed by atoms with E-state index in [9.17, 15) is 0 Å². The van der Waals surface area contributed by atoms with Gasteiger partial charge in [-0.15, -0.1) is 0 Å². The smallest absolute Gasteiger partial charge is 0.128 e. The molecular formula is C20H23OP. The second kappa shape index (κ2) is 6.05. The first-order valence-corrected chi connectivity index (χ1v) is 10.0. The van der Waals surface area contributed by atoms with Crippen LogP contribution in [-0.4, -0.2) is 12.0 Å². The van der Waals surface area contributed by atoms with Gasteiger partial charge in [0, 0.05) is 5.30 Å². The zero-order valence-electron chi connectivity index (χ0n) is 13.2. The molecule has 0 aromatic heterocycles. The van der Waals surface area contributed by atoms with Crippen LogP contribution in [0.15, 0.2) is 42.5 Å². The number of hydrogen-bond acceptors (Lipinski definition) is 1. The maximum atomic E-state index is 6.10. The summed E-state index contributed by atoms with van der Waals surface area (Å²) in [6.07, 6.45) is 7.98. The van der Waals surface area contributed by atoms with Crippen LogP contribution in [0.5, 0.6) is 5.75 Å². The second-order valence-electron chi connectivity index (χ2n) is 6.50. The summed E-state index contributed by atoms with van der Waals surface area (Å²) in [6.45, 7) is 2.22. The molecule has 0 bridgehead atoms. The maximum absolute atomic E-state index is 6.10. The highest BCUT2D eigenvalue weighted by Crippen LogP contribution is 2.54. The molecule has 1 fully saturated rings. The SMILES string of the molecule is Cc1ccccc1-c1cccc2c1[P@@](C1CCCCC1)CO2. The van der Waals surface area contributed by atoms with Gasteiger partial charge in [-0.2, -0.15) is 0 Å². The summed E-state index contributed by atoms with van der Waals surface area (Å²) in [5.74, 6) is 1.15. The molecule has 2 aromatic rings. The standard InChI is InChI=1S/C20H23OP/c1-15-8-5-6-11-17(15)18-12-7-13-19-20(18)22(14-21-19)16-9-3-2-4-10-16/h5-8,11-13,16H,2-4,9-10,14H2,1H3/t22-/m1/s1. The van der Waals surface area contributed by atoms with Crippen molar-refractivity contribution < 1.29 is 4.74 Å². The molecule has 1 aliphatic carbocycles. The summed E-state index contributed by atoms with van der Waals surface area (Å²) in [4.78, 5) is 0. The molecule has 0 amide bonds. The van der Waals surface area contributed by atoms with Crippen LogP contribution in [0.3, 0.4) is 0 Å². The van der Waals surface area contributed by atoms with Crippen molar-refractivity contribution in [1.82, 2.24) is 0 Å². The lowest BCUT2D eigenvalue weighted by Gasteiger charge is -2.28. The fourth-order valence-corrected chi connectivity index (χ4v) is 6.81. The van der Waals surface area contributed by atoms with E-state index in [0.717, 1.165) is 17.8 Å². The fourth-order valence-electron chi connectivity index (χ4n) is 3.91. The third-order valence-corrected chi connectivity index (χ3v) is 7.94. The Morgan fingerprint density at radius 2 is 1.68 bits per heavy atom. The first kappa shape index (κ1) is 14.3. The van der Waals surface area contributed by atoms with Gasteiger partial charge < -0.3 is 4.74 Å². The third-order valence-electron chi connectivity index (χ3n) is 5.10. The molecule has 0 spiro atoms. The van der Waals surface area contributed by atoms with E-state index in [1.807, 2.05) is 0 Å². The van der Waals surface area contributed by atoms with E-state index < -0.39 is 0 Å². The van der Waals surface area contributed by atoms with Gasteiger partial charge in [0.1, 0.15) is 12.1 Å². The monoisotopic (exact) mass is 310 g/mol. The van der Waals surface area contributed by atoms with Crippen LogP contribution in [0.2, 0.25) is 0 Å². The first-order valence-electron chi connectivity index (χ1n) is 8.43. The molecule has 1 saturated carbocycles. The Morgan fingerprint density at radius 1 is 0.909 bits per heavy atom. The zero-order chi connectivity index (χ0) is 14.9. The lowest BCUT2D eigenvalue weighted by molar-refractivity contribution is 0.399. The summed E-state index contributed by atoms with van der Waals surface area (Å²) < 4.78 is 6.10. The van der Waals surface area contributed by atoms with Gasteiger partial charge in [-0.25, -0.2) is 0 Å². The highest BCUT2D eigenvalue weighted by Gasteiger charge is 2.34. The highest BCUT2D eigenvalue weighted by molar-refractivity contribution is 7.67. The average molecular weight is 310 g/mol. The molecule has 114 valence electrons. The normalized spacial score (nSPS) is 21.4. The third kappa shape index (κ3) is 2.46. The van der Waals surface area contributed by atoms with Crippen LogP contribution >= 0.6 is 7.92 Å². The molecule has 0 unspecified atom stereocenters. The van der Waals surface area contributed by atoms with Gasteiger partial charge in [0.25, 0.3) is 0 Å². The Morgan fingerprint density at radius 3 is 2.50 bits per heavy atom. The Hall–Kier alpha value is -1.33. The summed E-state index contributed by atoms with van der Waals surface area (Å²) in [6, 6.07) is 15.4. The molecule has 0 saturated heterocycles. The van der Waals surface area contributed by atoms with Crippen LogP contribution in [-0.2, 0) is 0 Å². The molecule has 1 nitrogen and oxygen atoms in total. The van der Waals surface area contributed by atoms with E-state index in [4.69, 9.17) is 4.74 Å². The van der Waals surface area contributed by atoms with Crippen molar-refractivity contribution in [1.29, 1.82) is 0 Å². The maximum Gasteiger partial charge on any atom is 0.128 e. The van der Waals surface area contributed by atoms with Crippen molar-refractivity contribution in [2.45, 2.75) is 44.7 Å². The van der Waals surface area contributed by atoms with Crippen LogP contribution in [0.4, 0.5) is 0 Å². The van der Waals surface area contributed by atoms with Crippen molar-refractivity contribution >= 4 is 13.2 Å². The summed E-state index contributed by atoms with van der Waals surface area (Å²) in [7, 11) is -0.158. The molecule has 1 atom stereocenters. The lowest BCUT2D eigenvalue weighted by Crippen LogP contribution is -2.17. The topological polar surface area (TPSA) is 9.23 Å². The Balaban J connectivity index is 1.79. The molecule has 1 aliphatic heterocycles. The van der Waals surface area contributed by atoms with Gasteiger partial charge in [0.2, 0.25) is 0 Å². The van der Waals surface area contributed by atoms with E-state index in [0.29, 0.717) is 0 Å². The fraction of sp³-hybridized carbons (Fsp3) is 0.400. The number of aryl methyl sites for hydroxylation is 1. The van der Waals surface area contributed by atoms with Crippen LogP contribution in [0, 0.1) is 6.92 Å². The number of benzene rings is 2. The van der Waals surface area contributed by atoms with Gasteiger partial charge in [-0.1, -0.05) is 55.7 Å². The van der Waals surface area contributed by atoms with Crippen LogP contribution in [0.25, 0.3) is 11.1 Å². The van der Waals surface area contributed by atoms with Crippen molar-refractivity contribution in [3.8, 4) is 16.9 Å². The average Bonchev–Trinajstić information content (AvgIpc) is 3.00. The predicted octanol–water partition coefficient (Wildman–Crippen LogP) is 5.45. The Labute approximate surface area is 134 Å². The van der Waals surface area contributed by atoms with Crippen molar-refractivity contribution in [3.63, 3.8) is 0 Å². The molecule has 1 heterocycles. The molecule has 22 heavy (non-hydrogen) atoms. The Kier molecular flexibility index (Phi) is 3.92. The second-order valence-corrected chi connectivity index (χ2v) is 8.88. The van der Waals surface area contributed by atoms with E-state index in [1.54, 1.807) is 5.30 Å². The summed E-state index contributed by atoms with van der Waals surface area (Å²) in [5.41, 5.74) is 5.04. The lowest BCUT2D eigenvalue weighted by atomic mass is 10.00. The Bertz CT molecular complexity index is 673. The van der Waals surface area contributed by atoms with Gasteiger partial charge in [0.15, 0.2) is 0 Å². The quantitative estimate of drug-likeness (QED) is 0.670. The molecule has 0 N–H and O–H groups in total. The van der Waals surface area contributed by atoms with Gasteiger partial charge in [-0.05, 0) is 56.1 Å². The van der Waals surface area contributed by atoms with E-state index in [2.05, 4.69) is 49.4 Å². The number of hydrogen-bond donors (Lipinski definition) is 0. The number of rotatable bonds is 2. The van der Waals surface area contributed by atoms with Crippen LogP contribution in [0.1, 0.15) is 37.7 Å². The van der Waals surface area contributed by atoms with E-state index in [-0.39, 0.29) is 7.92 Å². The van der Waals surface area contributed by atoms with Crippen molar-refractivity contribution in [3.05, 3.63) is 48.0 Å².